The maximum absolute atomic E-state index is 4.25. The Kier molecular flexibility index (Phi) is 3.55. The highest BCUT2D eigenvalue weighted by Gasteiger charge is 2.20. The average Bonchev–Trinajstić information content (AvgIpc) is 2.58. The monoisotopic (exact) mass is 274 g/mol. The fraction of sp³-hybridized carbons (Fsp3) is 0.800. The molecule has 14 heavy (non-hydrogen) atoms. The molecule has 0 spiro atoms. The predicted octanol–water partition coefficient (Wildman–Crippen LogP) is 3.73. The first-order chi connectivity index (χ1) is 6.79. The summed E-state index contributed by atoms with van der Waals surface area (Å²) in [4.78, 5) is 0.398. The van der Waals surface area contributed by atoms with E-state index in [1.165, 1.54) is 24.3 Å². The smallest absolute Gasteiger partial charge is 0.131 e. The van der Waals surface area contributed by atoms with Gasteiger partial charge in [-0.1, -0.05) is 42.1 Å². The van der Waals surface area contributed by atoms with Crippen LogP contribution in [0.25, 0.3) is 0 Å². The molecule has 1 aromatic rings. The van der Waals surface area contributed by atoms with Gasteiger partial charge in [0.05, 0.1) is 4.83 Å². The van der Waals surface area contributed by atoms with Crippen LogP contribution in [0.2, 0.25) is 0 Å². The van der Waals surface area contributed by atoms with E-state index in [2.05, 4.69) is 33.1 Å². The third-order valence-corrected chi connectivity index (χ3v) is 5.24. The van der Waals surface area contributed by atoms with Gasteiger partial charge in [-0.05, 0) is 12.3 Å². The Hall–Kier alpha value is 0.0400. The molecule has 1 aliphatic carbocycles. The summed E-state index contributed by atoms with van der Waals surface area (Å²) >= 11 is 5.38. The van der Waals surface area contributed by atoms with Gasteiger partial charge in [0.15, 0.2) is 0 Å². The first-order valence-electron chi connectivity index (χ1n) is 5.26. The minimum absolute atomic E-state index is 0.398. The van der Waals surface area contributed by atoms with E-state index in [0.717, 1.165) is 23.8 Å². The van der Waals surface area contributed by atoms with E-state index in [4.69, 9.17) is 0 Å². The molecule has 1 fully saturated rings. The first kappa shape index (κ1) is 10.6. The Bertz CT molecular complexity index is 296. The fourth-order valence-corrected chi connectivity index (χ4v) is 2.98. The summed E-state index contributed by atoms with van der Waals surface area (Å²) in [5.74, 6) is 0.895. The molecule has 78 valence electrons. The molecule has 0 saturated heterocycles. The molecular weight excluding hydrogens is 260 g/mol. The lowest BCUT2D eigenvalue weighted by atomic mass is 9.83. The van der Waals surface area contributed by atoms with Crippen LogP contribution in [0.1, 0.15) is 47.4 Å². The summed E-state index contributed by atoms with van der Waals surface area (Å²) in [6.07, 6.45) is 6.42. The lowest BCUT2D eigenvalue weighted by molar-refractivity contribution is 0.313. The maximum Gasteiger partial charge on any atom is 0.131 e. The third-order valence-electron chi connectivity index (χ3n) is 2.80. The average molecular weight is 275 g/mol. The SMILES string of the molecule is CCC(Br)c1nnc(CC2CCC2)s1. The highest BCUT2D eigenvalue weighted by Crippen LogP contribution is 2.33. The molecule has 0 aliphatic heterocycles. The molecular formula is C10H15BrN2S. The minimum Gasteiger partial charge on any atom is -0.144 e. The number of alkyl halides is 1. The van der Waals surface area contributed by atoms with Crippen molar-refractivity contribution in [3.05, 3.63) is 10.0 Å². The van der Waals surface area contributed by atoms with Crippen molar-refractivity contribution in [3.63, 3.8) is 0 Å². The van der Waals surface area contributed by atoms with Gasteiger partial charge in [0, 0.05) is 6.42 Å². The molecule has 0 amide bonds. The van der Waals surface area contributed by atoms with Crippen LogP contribution in [0.4, 0.5) is 0 Å². The minimum atomic E-state index is 0.398. The summed E-state index contributed by atoms with van der Waals surface area (Å²) in [6, 6.07) is 0. The molecule has 0 radical (unpaired) electrons. The van der Waals surface area contributed by atoms with Crippen LogP contribution in [0, 0.1) is 5.92 Å². The summed E-state index contributed by atoms with van der Waals surface area (Å²) in [5.41, 5.74) is 0. The summed E-state index contributed by atoms with van der Waals surface area (Å²) in [7, 11) is 0. The van der Waals surface area contributed by atoms with Crippen LogP contribution in [-0.2, 0) is 6.42 Å². The van der Waals surface area contributed by atoms with Crippen LogP contribution in [0.15, 0.2) is 0 Å². The van der Waals surface area contributed by atoms with E-state index in [-0.39, 0.29) is 0 Å². The van der Waals surface area contributed by atoms with E-state index in [1.54, 1.807) is 11.3 Å². The number of hydrogen-bond acceptors (Lipinski definition) is 3. The second-order valence-electron chi connectivity index (χ2n) is 3.91. The largest absolute Gasteiger partial charge is 0.144 e. The van der Waals surface area contributed by atoms with Gasteiger partial charge in [0.25, 0.3) is 0 Å². The van der Waals surface area contributed by atoms with Crippen LogP contribution in [0.5, 0.6) is 0 Å². The van der Waals surface area contributed by atoms with Gasteiger partial charge in [-0.15, -0.1) is 21.5 Å². The van der Waals surface area contributed by atoms with Gasteiger partial charge < -0.3 is 0 Å². The second kappa shape index (κ2) is 4.71. The van der Waals surface area contributed by atoms with Crippen LogP contribution < -0.4 is 0 Å². The lowest BCUT2D eigenvalue weighted by Gasteiger charge is -2.23. The first-order valence-corrected chi connectivity index (χ1v) is 6.99. The van der Waals surface area contributed by atoms with Crippen molar-refractivity contribution < 1.29 is 0 Å². The van der Waals surface area contributed by atoms with Crippen LogP contribution in [-0.4, -0.2) is 10.2 Å². The van der Waals surface area contributed by atoms with E-state index in [0.29, 0.717) is 4.83 Å². The Morgan fingerprint density at radius 1 is 1.50 bits per heavy atom. The molecule has 1 aromatic heterocycles. The standard InChI is InChI=1S/C10H15BrN2S/c1-2-8(11)10-13-12-9(14-10)6-7-4-3-5-7/h7-8H,2-6H2,1H3. The number of hydrogen-bond donors (Lipinski definition) is 0. The molecule has 1 aliphatic rings. The molecule has 0 N–H and O–H groups in total. The van der Waals surface area contributed by atoms with Crippen molar-refractivity contribution in [1.29, 1.82) is 0 Å². The van der Waals surface area contributed by atoms with Gasteiger partial charge >= 0.3 is 0 Å². The molecule has 1 atom stereocenters. The topological polar surface area (TPSA) is 25.8 Å². The number of rotatable bonds is 4. The van der Waals surface area contributed by atoms with Crippen molar-refractivity contribution >= 4 is 27.3 Å². The Morgan fingerprint density at radius 2 is 2.29 bits per heavy atom. The molecule has 0 aromatic carbocycles. The third kappa shape index (κ3) is 2.34. The Balaban J connectivity index is 1.94. The van der Waals surface area contributed by atoms with Gasteiger partial charge in [0.1, 0.15) is 10.0 Å². The highest BCUT2D eigenvalue weighted by molar-refractivity contribution is 9.09. The molecule has 1 heterocycles. The molecule has 4 heteroatoms. The van der Waals surface area contributed by atoms with Crippen molar-refractivity contribution in [2.24, 2.45) is 5.92 Å². The van der Waals surface area contributed by atoms with E-state index >= 15 is 0 Å². The van der Waals surface area contributed by atoms with Gasteiger partial charge in [-0.25, -0.2) is 0 Å². The highest BCUT2D eigenvalue weighted by atomic mass is 79.9. The number of halogens is 1. The van der Waals surface area contributed by atoms with E-state index < -0.39 is 0 Å². The molecule has 0 bridgehead atoms. The number of nitrogens with zero attached hydrogens (tertiary/aromatic N) is 2. The van der Waals surface area contributed by atoms with Gasteiger partial charge in [-0.3, -0.25) is 0 Å². The van der Waals surface area contributed by atoms with Crippen molar-refractivity contribution in [2.75, 3.05) is 0 Å². The zero-order chi connectivity index (χ0) is 9.97. The van der Waals surface area contributed by atoms with E-state index in [1.807, 2.05) is 0 Å². The Labute approximate surface area is 97.3 Å². The normalized spacial score (nSPS) is 19.3. The molecule has 1 saturated carbocycles. The number of aromatic nitrogens is 2. The second-order valence-corrected chi connectivity index (χ2v) is 6.11. The summed E-state index contributed by atoms with van der Waals surface area (Å²) in [6.45, 7) is 2.16. The van der Waals surface area contributed by atoms with Crippen LogP contribution >= 0.6 is 27.3 Å². The van der Waals surface area contributed by atoms with Crippen molar-refractivity contribution in [2.45, 2.75) is 43.9 Å². The zero-order valence-corrected chi connectivity index (χ0v) is 10.8. The van der Waals surface area contributed by atoms with Gasteiger partial charge in [-0.2, -0.15) is 0 Å². The fourth-order valence-electron chi connectivity index (χ4n) is 1.59. The summed E-state index contributed by atoms with van der Waals surface area (Å²) in [5, 5.41) is 10.8. The molecule has 2 rings (SSSR count). The molecule has 1 unspecified atom stereocenters. The molecule has 2 nitrogen and oxygen atoms in total. The lowest BCUT2D eigenvalue weighted by Crippen LogP contribution is -2.13. The van der Waals surface area contributed by atoms with E-state index in [9.17, 15) is 0 Å². The van der Waals surface area contributed by atoms with Gasteiger partial charge in [0.2, 0.25) is 0 Å². The van der Waals surface area contributed by atoms with Crippen molar-refractivity contribution in [3.8, 4) is 0 Å². The Morgan fingerprint density at radius 3 is 2.86 bits per heavy atom. The maximum atomic E-state index is 4.25. The zero-order valence-electron chi connectivity index (χ0n) is 8.37. The summed E-state index contributed by atoms with van der Waals surface area (Å²) < 4.78 is 0. The predicted molar refractivity (Wildman–Crippen MR) is 62.9 cm³/mol. The van der Waals surface area contributed by atoms with Crippen molar-refractivity contribution in [1.82, 2.24) is 10.2 Å². The van der Waals surface area contributed by atoms with Crippen LogP contribution in [0.3, 0.4) is 0 Å². The quantitative estimate of drug-likeness (QED) is 0.782.